The molecule has 1 aromatic heterocycles. The van der Waals surface area contributed by atoms with Crippen LogP contribution in [0.2, 0.25) is 0 Å². The molecule has 10 heteroatoms. The molecule has 1 N–H and O–H groups in total. The first-order valence-corrected chi connectivity index (χ1v) is 7.11. The van der Waals surface area contributed by atoms with Gasteiger partial charge in [0.25, 0.3) is 11.4 Å². The van der Waals surface area contributed by atoms with Crippen molar-refractivity contribution < 1.29 is 9.85 Å². The molecule has 24 heavy (non-hydrogen) atoms. The minimum atomic E-state index is -0.658. The summed E-state index contributed by atoms with van der Waals surface area (Å²) in [5.74, 6) is 0. The highest BCUT2D eigenvalue weighted by atomic mass is 16.6. The lowest BCUT2D eigenvalue weighted by Crippen LogP contribution is -2.26. The van der Waals surface area contributed by atoms with Crippen molar-refractivity contribution in [1.82, 2.24) is 14.7 Å². The molecule has 128 valence electrons. The second kappa shape index (κ2) is 7.04. The second-order valence-electron chi connectivity index (χ2n) is 5.52. The van der Waals surface area contributed by atoms with E-state index in [9.17, 15) is 20.2 Å². The van der Waals surface area contributed by atoms with Gasteiger partial charge in [0.05, 0.1) is 28.2 Å². The molecule has 0 amide bonds. The third-order valence-corrected chi connectivity index (χ3v) is 3.61. The summed E-state index contributed by atoms with van der Waals surface area (Å²) in [5, 5.41) is 29.1. The SMILES string of the molecule is CN(C)C(CNc1ccc([N+](=O)[O-])cc1[N+](=O)[O-])c1cnn(C)c1. The van der Waals surface area contributed by atoms with Crippen LogP contribution >= 0.6 is 0 Å². The molecule has 0 aliphatic carbocycles. The Hall–Kier alpha value is -3.01. The molecule has 1 heterocycles. The third kappa shape index (κ3) is 3.84. The highest BCUT2D eigenvalue weighted by Gasteiger charge is 2.21. The van der Waals surface area contributed by atoms with E-state index < -0.39 is 9.85 Å². The van der Waals surface area contributed by atoms with E-state index in [1.807, 2.05) is 32.2 Å². The number of nitrogens with zero attached hydrogens (tertiary/aromatic N) is 5. The predicted octanol–water partition coefficient (Wildman–Crippen LogP) is 1.95. The Morgan fingerprint density at radius 2 is 2.00 bits per heavy atom. The first-order valence-electron chi connectivity index (χ1n) is 7.11. The van der Waals surface area contributed by atoms with Gasteiger partial charge in [-0.15, -0.1) is 0 Å². The van der Waals surface area contributed by atoms with E-state index in [-0.39, 0.29) is 23.1 Å². The number of likely N-dealkylation sites (N-methyl/N-ethyl adjacent to an activating group) is 1. The number of non-ortho nitro benzene ring substituents is 1. The number of nitrogens with one attached hydrogen (secondary N) is 1. The van der Waals surface area contributed by atoms with Gasteiger partial charge in [0.15, 0.2) is 0 Å². The van der Waals surface area contributed by atoms with E-state index in [4.69, 9.17) is 0 Å². The monoisotopic (exact) mass is 334 g/mol. The summed E-state index contributed by atoms with van der Waals surface area (Å²) in [6.07, 6.45) is 3.60. The number of rotatable bonds is 7. The smallest absolute Gasteiger partial charge is 0.299 e. The molecule has 0 spiro atoms. The van der Waals surface area contributed by atoms with Crippen molar-refractivity contribution in [3.8, 4) is 0 Å². The number of nitro groups is 2. The minimum absolute atomic E-state index is 0.0616. The molecule has 1 unspecified atom stereocenters. The number of aryl methyl sites for hydroxylation is 1. The fraction of sp³-hybridized carbons (Fsp3) is 0.357. The fourth-order valence-corrected chi connectivity index (χ4v) is 2.35. The highest BCUT2D eigenvalue weighted by molar-refractivity contribution is 5.65. The largest absolute Gasteiger partial charge is 0.378 e. The first kappa shape index (κ1) is 17.3. The first-order chi connectivity index (χ1) is 11.3. The zero-order valence-corrected chi connectivity index (χ0v) is 13.5. The lowest BCUT2D eigenvalue weighted by Gasteiger charge is -2.24. The molecule has 1 atom stereocenters. The maximum atomic E-state index is 11.2. The summed E-state index contributed by atoms with van der Waals surface area (Å²) >= 11 is 0. The van der Waals surface area contributed by atoms with Gasteiger partial charge in [-0.1, -0.05) is 0 Å². The lowest BCUT2D eigenvalue weighted by molar-refractivity contribution is -0.393. The van der Waals surface area contributed by atoms with Crippen molar-refractivity contribution in [2.45, 2.75) is 6.04 Å². The molecule has 0 fully saturated rings. The average molecular weight is 334 g/mol. The summed E-state index contributed by atoms with van der Waals surface area (Å²) < 4.78 is 1.68. The normalized spacial score (nSPS) is 12.2. The Bertz CT molecular complexity index is 757. The Morgan fingerprint density at radius 1 is 1.29 bits per heavy atom. The molecular weight excluding hydrogens is 316 g/mol. The van der Waals surface area contributed by atoms with Gasteiger partial charge in [-0.3, -0.25) is 24.9 Å². The topological polar surface area (TPSA) is 119 Å². The van der Waals surface area contributed by atoms with Gasteiger partial charge in [0.2, 0.25) is 0 Å². The van der Waals surface area contributed by atoms with E-state index >= 15 is 0 Å². The molecule has 0 saturated carbocycles. The molecule has 0 saturated heterocycles. The molecule has 10 nitrogen and oxygen atoms in total. The van der Waals surface area contributed by atoms with Crippen molar-refractivity contribution in [3.63, 3.8) is 0 Å². The average Bonchev–Trinajstić information content (AvgIpc) is 2.93. The molecule has 1 aromatic carbocycles. The molecule has 0 aliphatic rings. The molecule has 0 bridgehead atoms. The Labute approximate surface area is 138 Å². The standard InChI is InChI=1S/C14H18N6O4/c1-17(2)14(10-7-16-18(3)9-10)8-15-12-5-4-11(19(21)22)6-13(12)20(23)24/h4-7,9,14-15H,8H2,1-3H3. The van der Waals surface area contributed by atoms with Gasteiger partial charge in [-0.05, 0) is 20.2 Å². The highest BCUT2D eigenvalue weighted by Crippen LogP contribution is 2.30. The summed E-state index contributed by atoms with van der Waals surface area (Å²) in [7, 11) is 5.60. The van der Waals surface area contributed by atoms with Gasteiger partial charge in [0.1, 0.15) is 5.69 Å². The summed E-state index contributed by atoms with van der Waals surface area (Å²) in [6.45, 7) is 0.386. The van der Waals surface area contributed by atoms with Crippen molar-refractivity contribution >= 4 is 17.1 Å². The molecule has 0 aliphatic heterocycles. The van der Waals surface area contributed by atoms with E-state index in [0.29, 0.717) is 6.54 Å². The zero-order valence-electron chi connectivity index (χ0n) is 13.5. The number of benzene rings is 1. The maximum Gasteiger partial charge on any atom is 0.299 e. The predicted molar refractivity (Wildman–Crippen MR) is 87.9 cm³/mol. The van der Waals surface area contributed by atoms with Crippen LogP contribution in [0.3, 0.4) is 0 Å². The molecule has 0 radical (unpaired) electrons. The van der Waals surface area contributed by atoms with Crippen LogP contribution in [-0.2, 0) is 7.05 Å². The van der Waals surface area contributed by atoms with Crippen molar-refractivity contribution in [2.24, 2.45) is 7.05 Å². The van der Waals surface area contributed by atoms with Gasteiger partial charge in [-0.25, -0.2) is 0 Å². The summed E-state index contributed by atoms with van der Waals surface area (Å²) in [4.78, 5) is 22.6. The molecule has 2 rings (SSSR count). The van der Waals surface area contributed by atoms with Crippen LogP contribution in [0.25, 0.3) is 0 Å². The summed E-state index contributed by atoms with van der Waals surface area (Å²) in [5.41, 5.74) is 0.553. The Balaban J connectivity index is 2.23. The zero-order chi connectivity index (χ0) is 17.9. The van der Waals surface area contributed by atoms with E-state index in [1.54, 1.807) is 10.9 Å². The fourth-order valence-electron chi connectivity index (χ4n) is 2.35. The van der Waals surface area contributed by atoms with Gasteiger partial charge < -0.3 is 10.2 Å². The van der Waals surface area contributed by atoms with Gasteiger partial charge in [-0.2, -0.15) is 5.10 Å². The van der Waals surface area contributed by atoms with Crippen molar-refractivity contribution in [1.29, 1.82) is 0 Å². The minimum Gasteiger partial charge on any atom is -0.378 e. The Kier molecular flexibility index (Phi) is 5.09. The van der Waals surface area contributed by atoms with Crippen LogP contribution in [0.1, 0.15) is 11.6 Å². The summed E-state index contributed by atoms with van der Waals surface area (Å²) in [6, 6.07) is 3.49. The lowest BCUT2D eigenvalue weighted by atomic mass is 10.1. The van der Waals surface area contributed by atoms with Crippen LogP contribution in [0, 0.1) is 20.2 Å². The number of nitro benzene ring substituents is 2. The van der Waals surface area contributed by atoms with Crippen LogP contribution in [0.5, 0.6) is 0 Å². The van der Waals surface area contributed by atoms with Crippen molar-refractivity contribution in [2.75, 3.05) is 26.0 Å². The number of anilines is 1. The quantitative estimate of drug-likeness (QED) is 0.607. The van der Waals surface area contributed by atoms with Crippen LogP contribution < -0.4 is 5.32 Å². The van der Waals surface area contributed by atoms with E-state index in [0.717, 1.165) is 11.6 Å². The van der Waals surface area contributed by atoms with Crippen LogP contribution in [0.4, 0.5) is 17.1 Å². The number of aromatic nitrogens is 2. The third-order valence-electron chi connectivity index (χ3n) is 3.61. The van der Waals surface area contributed by atoms with Crippen molar-refractivity contribution in [3.05, 3.63) is 56.4 Å². The van der Waals surface area contributed by atoms with Crippen LogP contribution in [0.15, 0.2) is 30.6 Å². The number of hydrogen-bond donors (Lipinski definition) is 1. The van der Waals surface area contributed by atoms with Gasteiger partial charge in [0, 0.05) is 31.4 Å². The van der Waals surface area contributed by atoms with Gasteiger partial charge >= 0.3 is 0 Å². The van der Waals surface area contributed by atoms with E-state index in [1.165, 1.54) is 12.1 Å². The van der Waals surface area contributed by atoms with E-state index in [2.05, 4.69) is 10.4 Å². The maximum absolute atomic E-state index is 11.2. The second-order valence-corrected chi connectivity index (χ2v) is 5.52. The Morgan fingerprint density at radius 3 is 2.50 bits per heavy atom. The number of hydrogen-bond acceptors (Lipinski definition) is 7. The molecule has 2 aromatic rings. The van der Waals surface area contributed by atoms with Crippen LogP contribution in [-0.4, -0.2) is 45.2 Å². The molecular formula is C14H18N6O4.